The van der Waals surface area contributed by atoms with Crippen LogP contribution in [0.25, 0.3) is 0 Å². The van der Waals surface area contributed by atoms with Gasteiger partial charge in [0, 0.05) is 25.4 Å². The summed E-state index contributed by atoms with van der Waals surface area (Å²) in [4.78, 5) is 18.9. The van der Waals surface area contributed by atoms with Gasteiger partial charge in [0.25, 0.3) is 5.91 Å². The smallest absolute Gasteiger partial charge is 0.258 e. The summed E-state index contributed by atoms with van der Waals surface area (Å²) in [7, 11) is 1.66. The summed E-state index contributed by atoms with van der Waals surface area (Å²) in [5.74, 6) is -0.0168. The molecule has 0 aliphatic heterocycles. The number of carbonyl (C=O) groups is 1. The van der Waals surface area contributed by atoms with Crippen LogP contribution < -0.4 is 4.90 Å². The van der Waals surface area contributed by atoms with Crippen molar-refractivity contribution in [2.45, 2.75) is 27.4 Å². The van der Waals surface area contributed by atoms with Crippen molar-refractivity contribution in [1.82, 2.24) is 4.98 Å². The number of ether oxygens (including phenoxy) is 1. The highest BCUT2D eigenvalue weighted by Crippen LogP contribution is 2.23. The van der Waals surface area contributed by atoms with Crippen LogP contribution in [0.15, 0.2) is 48.8 Å². The number of rotatable bonds is 5. The Balaban J connectivity index is 2.29. The monoisotopic (exact) mass is 312 g/mol. The molecule has 0 atom stereocenters. The number of methoxy groups -OCH3 is 1. The highest BCUT2D eigenvalue weighted by molar-refractivity contribution is 6.06. The van der Waals surface area contributed by atoms with Crippen LogP contribution >= 0.6 is 0 Å². The maximum atomic E-state index is 13.0. The summed E-state index contributed by atoms with van der Waals surface area (Å²) in [6.45, 7) is 7.52. The fourth-order valence-electron chi connectivity index (χ4n) is 2.33. The van der Waals surface area contributed by atoms with Gasteiger partial charge in [0.2, 0.25) is 0 Å². The van der Waals surface area contributed by atoms with Gasteiger partial charge in [-0.2, -0.15) is 0 Å². The van der Waals surface area contributed by atoms with E-state index in [9.17, 15) is 4.79 Å². The Kier molecular flexibility index (Phi) is 5.50. The lowest BCUT2D eigenvalue weighted by atomic mass is 9.95. The van der Waals surface area contributed by atoms with Crippen molar-refractivity contribution < 1.29 is 9.53 Å². The average Bonchev–Trinajstić information content (AvgIpc) is 2.53. The fraction of sp³-hybridized carbons (Fsp3) is 0.368. The lowest BCUT2D eigenvalue weighted by molar-refractivity contribution is 0.0977. The molecule has 0 unspecified atom stereocenters. The highest BCUT2D eigenvalue weighted by atomic mass is 16.5. The van der Waals surface area contributed by atoms with E-state index in [2.05, 4.69) is 25.8 Å². The summed E-state index contributed by atoms with van der Waals surface area (Å²) in [5.41, 5.74) is 2.51. The molecule has 0 fully saturated rings. The molecule has 0 radical (unpaired) electrons. The molecule has 1 aromatic carbocycles. The van der Waals surface area contributed by atoms with Crippen molar-refractivity contribution in [3.8, 4) is 0 Å². The van der Waals surface area contributed by atoms with Gasteiger partial charge in [-0.1, -0.05) is 32.9 Å². The zero-order valence-corrected chi connectivity index (χ0v) is 14.2. The van der Waals surface area contributed by atoms with E-state index in [1.165, 1.54) is 0 Å². The molecule has 23 heavy (non-hydrogen) atoms. The molecule has 122 valence electrons. The number of hydrogen-bond acceptors (Lipinski definition) is 3. The quantitative estimate of drug-likeness (QED) is 0.840. The fourth-order valence-corrected chi connectivity index (χ4v) is 2.33. The number of hydrogen-bond donors (Lipinski definition) is 0. The SMILES string of the molecule is COCc1ccc(C(=O)N(CC(C)(C)C)c2cccnc2)cc1. The Morgan fingerprint density at radius 3 is 2.39 bits per heavy atom. The number of nitrogens with zero attached hydrogens (tertiary/aromatic N) is 2. The third kappa shape index (κ3) is 4.89. The van der Waals surface area contributed by atoms with Gasteiger partial charge in [-0.25, -0.2) is 0 Å². The molecule has 4 heteroatoms. The molecule has 1 amide bonds. The lowest BCUT2D eigenvalue weighted by Crippen LogP contribution is -2.38. The van der Waals surface area contributed by atoms with Crippen LogP contribution in [0.3, 0.4) is 0 Å². The molecule has 0 saturated heterocycles. The molecule has 4 nitrogen and oxygen atoms in total. The van der Waals surface area contributed by atoms with Crippen molar-refractivity contribution in [2.24, 2.45) is 5.41 Å². The van der Waals surface area contributed by atoms with Gasteiger partial charge in [-0.15, -0.1) is 0 Å². The van der Waals surface area contributed by atoms with E-state index in [0.29, 0.717) is 18.7 Å². The minimum absolute atomic E-state index is 0.0124. The molecule has 0 spiro atoms. The third-order valence-corrected chi connectivity index (χ3v) is 3.35. The van der Waals surface area contributed by atoms with Crippen molar-refractivity contribution >= 4 is 11.6 Å². The Morgan fingerprint density at radius 1 is 1.17 bits per heavy atom. The van der Waals surface area contributed by atoms with E-state index in [-0.39, 0.29) is 11.3 Å². The van der Waals surface area contributed by atoms with E-state index < -0.39 is 0 Å². The third-order valence-electron chi connectivity index (χ3n) is 3.35. The molecule has 1 aromatic heterocycles. The summed E-state index contributed by atoms with van der Waals surface area (Å²) < 4.78 is 5.11. The van der Waals surface area contributed by atoms with Crippen LogP contribution in [0.2, 0.25) is 0 Å². The number of amides is 1. The summed E-state index contributed by atoms with van der Waals surface area (Å²) >= 11 is 0. The van der Waals surface area contributed by atoms with E-state index in [1.807, 2.05) is 36.4 Å². The second kappa shape index (κ2) is 7.38. The van der Waals surface area contributed by atoms with Crippen molar-refractivity contribution in [1.29, 1.82) is 0 Å². The van der Waals surface area contributed by atoms with Gasteiger partial charge < -0.3 is 9.64 Å². The number of anilines is 1. The first-order valence-corrected chi connectivity index (χ1v) is 7.70. The molecule has 0 N–H and O–H groups in total. The van der Waals surface area contributed by atoms with Gasteiger partial charge >= 0.3 is 0 Å². The van der Waals surface area contributed by atoms with Gasteiger partial charge in [-0.05, 0) is 35.2 Å². The van der Waals surface area contributed by atoms with Gasteiger partial charge in [-0.3, -0.25) is 9.78 Å². The first-order chi connectivity index (χ1) is 10.9. The van der Waals surface area contributed by atoms with Crippen LogP contribution in [0, 0.1) is 5.41 Å². The van der Waals surface area contributed by atoms with Crippen molar-refractivity contribution in [2.75, 3.05) is 18.6 Å². The Hall–Kier alpha value is -2.20. The maximum Gasteiger partial charge on any atom is 0.258 e. The topological polar surface area (TPSA) is 42.4 Å². The number of aromatic nitrogens is 1. The molecule has 2 rings (SSSR count). The first kappa shape index (κ1) is 17.2. The average molecular weight is 312 g/mol. The molecule has 1 heterocycles. The van der Waals surface area contributed by atoms with Gasteiger partial charge in [0.1, 0.15) is 0 Å². The Bertz CT molecular complexity index is 631. The number of pyridine rings is 1. The molecule has 2 aromatic rings. The van der Waals surface area contributed by atoms with E-state index in [1.54, 1.807) is 24.4 Å². The molecule has 0 saturated carbocycles. The summed E-state index contributed by atoms with van der Waals surface area (Å²) in [6.07, 6.45) is 3.44. The lowest BCUT2D eigenvalue weighted by Gasteiger charge is -2.30. The van der Waals surface area contributed by atoms with Crippen molar-refractivity contribution in [3.05, 3.63) is 59.9 Å². The van der Waals surface area contributed by atoms with E-state index in [4.69, 9.17) is 4.74 Å². The molecular formula is C19H24N2O2. The van der Waals surface area contributed by atoms with E-state index in [0.717, 1.165) is 11.3 Å². The molecule has 0 aliphatic carbocycles. The van der Waals surface area contributed by atoms with Crippen LogP contribution in [-0.2, 0) is 11.3 Å². The maximum absolute atomic E-state index is 13.0. The largest absolute Gasteiger partial charge is 0.380 e. The summed E-state index contributed by atoms with van der Waals surface area (Å²) in [6, 6.07) is 11.3. The predicted molar refractivity (Wildman–Crippen MR) is 92.5 cm³/mol. The van der Waals surface area contributed by atoms with Crippen LogP contribution in [0.1, 0.15) is 36.7 Å². The van der Waals surface area contributed by atoms with Crippen LogP contribution in [-0.4, -0.2) is 24.5 Å². The van der Waals surface area contributed by atoms with E-state index >= 15 is 0 Å². The Labute approximate surface area is 138 Å². The normalized spacial score (nSPS) is 11.3. The van der Waals surface area contributed by atoms with Crippen molar-refractivity contribution in [3.63, 3.8) is 0 Å². The second-order valence-electron chi connectivity index (χ2n) is 6.79. The van der Waals surface area contributed by atoms with Crippen LogP contribution in [0.4, 0.5) is 5.69 Å². The standard InChI is InChI=1S/C19H24N2O2/c1-19(2,3)14-21(17-6-5-11-20-12-17)18(22)16-9-7-15(8-10-16)13-23-4/h5-12H,13-14H2,1-4H3. The molecular weight excluding hydrogens is 288 g/mol. The Morgan fingerprint density at radius 2 is 1.87 bits per heavy atom. The minimum atomic E-state index is -0.0168. The number of benzene rings is 1. The number of carbonyl (C=O) groups excluding carboxylic acids is 1. The predicted octanol–water partition coefficient (Wildman–Crippen LogP) is 3.92. The summed E-state index contributed by atoms with van der Waals surface area (Å²) in [5, 5.41) is 0. The molecule has 0 aliphatic rings. The minimum Gasteiger partial charge on any atom is -0.380 e. The second-order valence-corrected chi connectivity index (χ2v) is 6.79. The van der Waals surface area contributed by atoms with Crippen LogP contribution in [0.5, 0.6) is 0 Å². The highest BCUT2D eigenvalue weighted by Gasteiger charge is 2.23. The molecule has 0 bridgehead atoms. The van der Waals surface area contributed by atoms with Gasteiger partial charge in [0.05, 0.1) is 18.5 Å². The first-order valence-electron chi connectivity index (χ1n) is 7.70. The zero-order chi connectivity index (χ0) is 16.9. The van der Waals surface area contributed by atoms with Gasteiger partial charge in [0.15, 0.2) is 0 Å². The zero-order valence-electron chi connectivity index (χ0n) is 14.2.